The molecule has 0 rings (SSSR count). The van der Waals surface area contributed by atoms with Gasteiger partial charge in [0.1, 0.15) is 6.61 Å². The summed E-state index contributed by atoms with van der Waals surface area (Å²) in [5, 5.41) is 7.93. The normalized spacial score (nSPS) is 14.3. The van der Waals surface area contributed by atoms with Crippen LogP contribution in [0.1, 0.15) is 0 Å². The summed E-state index contributed by atoms with van der Waals surface area (Å²) in [5.74, 6) is -12.2. The molecule has 0 saturated heterocycles. The molecule has 0 saturated carbocycles. The number of halogens is 7. The van der Waals surface area contributed by atoms with E-state index in [2.05, 4.69) is 4.74 Å². The third kappa shape index (κ3) is 5.52. The largest absolute Gasteiger partial charge is 0.522 e. The summed E-state index contributed by atoms with van der Waals surface area (Å²) in [6, 6.07) is 0. The van der Waals surface area contributed by atoms with Gasteiger partial charge in [0.2, 0.25) is 0 Å². The number of ether oxygens (including phenoxy) is 1. The van der Waals surface area contributed by atoms with Crippen LogP contribution < -0.4 is 0 Å². The molecule has 0 amide bonds. The van der Waals surface area contributed by atoms with Gasteiger partial charge >= 0.3 is 24.2 Å². The number of hydrogen-bond acceptors (Lipinski definition) is 2. The molecule has 1 N–H and O–H groups in total. The van der Waals surface area contributed by atoms with Crippen molar-refractivity contribution in [3.8, 4) is 0 Å². The molecule has 0 aliphatic carbocycles. The molecule has 0 unspecified atom stereocenters. The highest BCUT2D eigenvalue weighted by Crippen LogP contribution is 2.37. The summed E-state index contributed by atoms with van der Waals surface area (Å²) in [4.78, 5) is 9.81. The van der Waals surface area contributed by atoms with Gasteiger partial charge in [-0.05, 0) is 6.08 Å². The van der Waals surface area contributed by atoms with Gasteiger partial charge in [-0.25, -0.2) is 4.79 Å². The first-order valence-corrected chi connectivity index (χ1v) is 3.76. The Labute approximate surface area is 89.5 Å². The maximum atomic E-state index is 12.6. The molecule has 100 valence electrons. The predicted molar refractivity (Wildman–Crippen MR) is 38.7 cm³/mol. The van der Waals surface area contributed by atoms with Crippen molar-refractivity contribution in [1.82, 2.24) is 0 Å². The molecule has 0 aliphatic rings. The van der Waals surface area contributed by atoms with Crippen LogP contribution in [0.25, 0.3) is 0 Å². The van der Waals surface area contributed by atoms with Crippen molar-refractivity contribution < 1.29 is 45.4 Å². The van der Waals surface area contributed by atoms with Crippen LogP contribution in [0.2, 0.25) is 0 Å². The van der Waals surface area contributed by atoms with Crippen molar-refractivity contribution in [2.24, 2.45) is 0 Å². The van der Waals surface area contributed by atoms with Crippen LogP contribution in [0.15, 0.2) is 12.2 Å². The molecule has 0 bridgehead atoms. The average Bonchev–Trinajstić information content (AvgIpc) is 2.10. The number of carboxylic acids is 1. The highest BCUT2D eigenvalue weighted by Gasteiger charge is 2.56. The Balaban J connectivity index is 4.72. The number of rotatable bonds is 5. The van der Waals surface area contributed by atoms with E-state index in [0.29, 0.717) is 0 Å². The zero-order valence-corrected chi connectivity index (χ0v) is 7.77. The maximum Gasteiger partial charge on any atom is 0.522 e. The molecule has 0 aromatic carbocycles. The first-order chi connectivity index (χ1) is 7.37. The molecule has 0 aromatic heterocycles. The van der Waals surface area contributed by atoms with E-state index in [1.165, 1.54) is 0 Å². The predicted octanol–water partition coefficient (Wildman–Crippen LogP) is 2.43. The summed E-state index contributed by atoms with van der Waals surface area (Å²) in [6.45, 7) is -2.62. The Hall–Kier alpha value is -1.32. The fraction of sp³-hybridized carbons (Fsp3) is 0.571. The smallest absolute Gasteiger partial charge is 0.478 e. The summed E-state index contributed by atoms with van der Waals surface area (Å²) in [7, 11) is 0. The molecule has 10 heteroatoms. The van der Waals surface area contributed by atoms with E-state index in [1.807, 2.05) is 0 Å². The summed E-state index contributed by atoms with van der Waals surface area (Å²) in [6.07, 6.45) is -6.51. The average molecular weight is 270 g/mol. The minimum atomic E-state index is -5.49. The Bertz CT molecular complexity index is 307. The van der Waals surface area contributed by atoms with Gasteiger partial charge in [-0.1, -0.05) is 0 Å². The highest BCUT2D eigenvalue weighted by molar-refractivity contribution is 5.79. The first-order valence-electron chi connectivity index (χ1n) is 3.76. The molecule has 0 radical (unpaired) electrons. The van der Waals surface area contributed by atoms with E-state index in [4.69, 9.17) is 5.11 Å². The number of carboxylic acid groups (broad SMARTS) is 1. The quantitative estimate of drug-likeness (QED) is 0.616. The number of hydrogen-bond donors (Lipinski definition) is 1. The molecule has 17 heavy (non-hydrogen) atoms. The van der Waals surface area contributed by atoms with Crippen molar-refractivity contribution in [2.45, 2.75) is 18.2 Å². The van der Waals surface area contributed by atoms with Crippen molar-refractivity contribution in [3.63, 3.8) is 0 Å². The van der Waals surface area contributed by atoms with Gasteiger partial charge in [0.05, 0.1) is 0 Å². The monoisotopic (exact) mass is 270 g/mol. The minimum absolute atomic E-state index is 0.304. The van der Waals surface area contributed by atoms with Crippen molar-refractivity contribution in [3.05, 3.63) is 12.2 Å². The Kier molecular flexibility index (Phi) is 4.52. The van der Waals surface area contributed by atoms with E-state index in [1.54, 1.807) is 0 Å². The van der Waals surface area contributed by atoms with Gasteiger partial charge in [0, 0.05) is 6.08 Å². The second-order valence-corrected chi connectivity index (χ2v) is 2.73. The molecular weight excluding hydrogens is 265 g/mol. The molecule has 0 aromatic rings. The number of aliphatic carboxylic acids is 1. The van der Waals surface area contributed by atoms with Crippen LogP contribution in [-0.2, 0) is 9.53 Å². The third-order valence-corrected chi connectivity index (χ3v) is 1.34. The van der Waals surface area contributed by atoms with E-state index in [9.17, 15) is 35.5 Å². The summed E-state index contributed by atoms with van der Waals surface area (Å²) >= 11 is 0. The minimum Gasteiger partial charge on any atom is -0.478 e. The fourth-order valence-corrected chi connectivity index (χ4v) is 0.567. The lowest BCUT2D eigenvalue weighted by molar-refractivity contribution is -0.352. The Morgan fingerprint density at radius 3 is 1.94 bits per heavy atom. The van der Waals surface area contributed by atoms with Gasteiger partial charge in [-0.2, -0.15) is 17.6 Å². The lowest BCUT2D eigenvalue weighted by Gasteiger charge is -2.23. The lowest BCUT2D eigenvalue weighted by Crippen LogP contribution is -2.44. The van der Waals surface area contributed by atoms with Crippen LogP contribution in [0.5, 0.6) is 0 Å². The number of carbonyl (C=O) groups is 1. The third-order valence-electron chi connectivity index (χ3n) is 1.34. The molecule has 0 aliphatic heterocycles. The van der Waals surface area contributed by atoms with Crippen LogP contribution in [0, 0.1) is 0 Å². The molecule has 3 nitrogen and oxygen atoms in total. The van der Waals surface area contributed by atoms with Crippen molar-refractivity contribution in [1.29, 1.82) is 0 Å². The van der Waals surface area contributed by atoms with Gasteiger partial charge in [-0.3, -0.25) is 4.74 Å². The fourth-order valence-electron chi connectivity index (χ4n) is 0.567. The SMILES string of the molecule is O=C(O)C=CC(F)(F)C(F)(F)COC(F)(F)F. The summed E-state index contributed by atoms with van der Waals surface area (Å²) in [5.41, 5.74) is 0. The van der Waals surface area contributed by atoms with E-state index >= 15 is 0 Å². The van der Waals surface area contributed by atoms with Crippen molar-refractivity contribution in [2.75, 3.05) is 6.61 Å². The van der Waals surface area contributed by atoms with Crippen LogP contribution >= 0.6 is 0 Å². The van der Waals surface area contributed by atoms with E-state index in [0.717, 1.165) is 0 Å². The molecule has 0 fully saturated rings. The lowest BCUT2D eigenvalue weighted by atomic mass is 10.1. The van der Waals surface area contributed by atoms with Crippen LogP contribution in [-0.4, -0.2) is 35.9 Å². The number of allylic oxidation sites excluding steroid dienone is 1. The number of alkyl halides is 7. The standard InChI is InChI=1S/C7H5F7O3/c8-5(9,2-1-4(15)16)6(10,11)3-17-7(12,13)14/h1-2H,3H2,(H,15,16). The maximum absolute atomic E-state index is 12.6. The van der Waals surface area contributed by atoms with Crippen LogP contribution in [0.3, 0.4) is 0 Å². The summed E-state index contributed by atoms with van der Waals surface area (Å²) < 4.78 is 87.0. The Morgan fingerprint density at radius 2 is 1.59 bits per heavy atom. The topological polar surface area (TPSA) is 46.5 Å². The molecule has 0 heterocycles. The second kappa shape index (κ2) is 4.90. The zero-order valence-electron chi connectivity index (χ0n) is 7.77. The van der Waals surface area contributed by atoms with E-state index < -0.39 is 36.9 Å². The molecule has 0 atom stereocenters. The Morgan fingerprint density at radius 1 is 1.12 bits per heavy atom. The first kappa shape index (κ1) is 15.7. The second-order valence-electron chi connectivity index (χ2n) is 2.73. The van der Waals surface area contributed by atoms with Gasteiger partial charge in [0.25, 0.3) is 0 Å². The van der Waals surface area contributed by atoms with Crippen LogP contribution in [0.4, 0.5) is 30.7 Å². The van der Waals surface area contributed by atoms with Gasteiger partial charge in [-0.15, -0.1) is 13.2 Å². The van der Waals surface area contributed by atoms with Gasteiger partial charge < -0.3 is 5.11 Å². The zero-order chi connectivity index (χ0) is 13.9. The molecule has 0 spiro atoms. The van der Waals surface area contributed by atoms with E-state index in [-0.39, 0.29) is 6.08 Å². The van der Waals surface area contributed by atoms with Gasteiger partial charge in [0.15, 0.2) is 0 Å². The van der Waals surface area contributed by atoms with Crippen molar-refractivity contribution >= 4 is 5.97 Å². The highest BCUT2D eigenvalue weighted by atomic mass is 19.4. The molecular formula is C7H5F7O3.